The van der Waals surface area contributed by atoms with Crippen LogP contribution in [0.1, 0.15) is 0 Å². The monoisotopic (exact) mass is 406 g/mol. The van der Waals surface area contributed by atoms with Gasteiger partial charge in [-0.25, -0.2) is 0 Å². The number of aromatic nitrogens is 4. The molecule has 0 fully saturated rings. The van der Waals surface area contributed by atoms with Crippen LogP contribution in [0.25, 0.3) is 5.69 Å². The van der Waals surface area contributed by atoms with Crippen LogP contribution in [0, 0.1) is 0 Å². The number of nitrogens with zero attached hydrogens (tertiary/aromatic N) is 4. The van der Waals surface area contributed by atoms with Crippen molar-refractivity contribution < 1.29 is 9.84 Å². The smallest absolute Gasteiger partial charge is 0.214 e. The van der Waals surface area contributed by atoms with E-state index in [1.807, 2.05) is 54.6 Å². The molecule has 3 rings (SSSR count). The molecule has 24 heavy (non-hydrogen) atoms. The van der Waals surface area contributed by atoms with Crippen molar-refractivity contribution in [2.24, 2.45) is 0 Å². The van der Waals surface area contributed by atoms with Crippen LogP contribution in [-0.4, -0.2) is 43.8 Å². The summed E-state index contributed by atoms with van der Waals surface area (Å²) in [7, 11) is 0. The number of ether oxygens (including phenoxy) is 1. The predicted octanol–water partition coefficient (Wildman–Crippen LogP) is 2.96. The van der Waals surface area contributed by atoms with Gasteiger partial charge in [0.15, 0.2) is 0 Å². The maximum absolute atomic E-state index is 10.1. The highest BCUT2D eigenvalue weighted by Crippen LogP contribution is 2.20. The van der Waals surface area contributed by atoms with Gasteiger partial charge < -0.3 is 9.84 Å². The summed E-state index contributed by atoms with van der Waals surface area (Å²) in [5.74, 6) is 1.15. The Balaban J connectivity index is 1.53. The van der Waals surface area contributed by atoms with Gasteiger partial charge in [0.2, 0.25) is 5.16 Å². The van der Waals surface area contributed by atoms with Crippen molar-refractivity contribution in [2.45, 2.75) is 11.3 Å². The van der Waals surface area contributed by atoms with E-state index in [2.05, 4.69) is 31.5 Å². The highest BCUT2D eigenvalue weighted by Gasteiger charge is 2.12. The van der Waals surface area contributed by atoms with Gasteiger partial charge in [-0.05, 0) is 46.8 Å². The number of tetrazole rings is 1. The molecule has 1 N–H and O–H groups in total. The Bertz CT molecular complexity index is 767. The third-order valence-electron chi connectivity index (χ3n) is 3.10. The summed E-state index contributed by atoms with van der Waals surface area (Å²) in [6, 6.07) is 17.1. The Morgan fingerprint density at radius 1 is 1.12 bits per heavy atom. The van der Waals surface area contributed by atoms with Crippen LogP contribution in [0.2, 0.25) is 0 Å². The van der Waals surface area contributed by atoms with Crippen molar-refractivity contribution in [1.82, 2.24) is 20.2 Å². The van der Waals surface area contributed by atoms with Crippen LogP contribution in [-0.2, 0) is 0 Å². The highest BCUT2D eigenvalue weighted by molar-refractivity contribution is 9.10. The molecule has 0 aliphatic carbocycles. The second-order valence-corrected chi connectivity index (χ2v) is 6.84. The second kappa shape index (κ2) is 8.27. The van der Waals surface area contributed by atoms with Gasteiger partial charge in [0, 0.05) is 10.2 Å². The van der Waals surface area contributed by atoms with Crippen LogP contribution in [0.15, 0.2) is 64.2 Å². The molecule has 2 aromatic carbocycles. The predicted molar refractivity (Wildman–Crippen MR) is 95.5 cm³/mol. The first kappa shape index (κ1) is 16.9. The molecule has 8 heteroatoms. The van der Waals surface area contributed by atoms with Gasteiger partial charge in [0.05, 0.1) is 11.8 Å². The summed E-state index contributed by atoms with van der Waals surface area (Å²) in [6.45, 7) is 0.210. The Morgan fingerprint density at radius 3 is 2.62 bits per heavy atom. The largest absolute Gasteiger partial charge is 0.491 e. The lowest BCUT2D eigenvalue weighted by molar-refractivity contribution is 0.126. The van der Waals surface area contributed by atoms with Gasteiger partial charge in [-0.15, -0.1) is 5.10 Å². The van der Waals surface area contributed by atoms with E-state index in [9.17, 15) is 5.11 Å². The third-order valence-corrected chi connectivity index (χ3v) is 4.70. The molecule has 124 valence electrons. The fourth-order valence-corrected chi connectivity index (χ4v) is 3.00. The standard InChI is InChI=1S/C16H15BrN4O2S/c17-12-6-8-15(9-7-12)23-10-14(22)11-24-16-18-19-20-21(16)13-4-2-1-3-5-13/h1-9,14,22H,10-11H2/t14-/m1/s1. The highest BCUT2D eigenvalue weighted by atomic mass is 79.9. The lowest BCUT2D eigenvalue weighted by Crippen LogP contribution is -2.20. The Morgan fingerprint density at radius 2 is 1.88 bits per heavy atom. The summed E-state index contributed by atoms with van der Waals surface area (Å²) in [5.41, 5.74) is 0.880. The van der Waals surface area contributed by atoms with Crippen molar-refractivity contribution in [2.75, 3.05) is 12.4 Å². The molecule has 0 saturated carbocycles. The first-order chi connectivity index (χ1) is 11.7. The molecule has 0 spiro atoms. The van der Waals surface area contributed by atoms with E-state index < -0.39 is 6.10 Å². The first-order valence-corrected chi connectivity index (χ1v) is 9.03. The number of aliphatic hydroxyl groups is 1. The molecule has 1 aromatic heterocycles. The van der Waals surface area contributed by atoms with Crippen LogP contribution >= 0.6 is 27.7 Å². The molecule has 1 heterocycles. The zero-order chi connectivity index (χ0) is 16.8. The number of para-hydroxylation sites is 1. The molecule has 6 nitrogen and oxygen atoms in total. The van der Waals surface area contributed by atoms with E-state index in [0.717, 1.165) is 15.9 Å². The quantitative estimate of drug-likeness (QED) is 0.608. The molecular formula is C16H15BrN4O2S. The van der Waals surface area contributed by atoms with Crippen molar-refractivity contribution in [3.63, 3.8) is 0 Å². The van der Waals surface area contributed by atoms with Crippen LogP contribution in [0.5, 0.6) is 5.75 Å². The van der Waals surface area contributed by atoms with Gasteiger partial charge in [-0.2, -0.15) is 4.68 Å². The molecule has 0 unspecified atom stereocenters. The molecule has 0 amide bonds. The van der Waals surface area contributed by atoms with Crippen molar-refractivity contribution in [3.05, 3.63) is 59.1 Å². The summed E-state index contributed by atoms with van der Waals surface area (Å²) >= 11 is 4.75. The fraction of sp³-hybridized carbons (Fsp3) is 0.188. The second-order valence-electron chi connectivity index (χ2n) is 4.94. The van der Waals surface area contributed by atoms with Gasteiger partial charge in [-0.1, -0.05) is 45.9 Å². The van der Waals surface area contributed by atoms with Crippen molar-refractivity contribution in [1.29, 1.82) is 0 Å². The first-order valence-electron chi connectivity index (χ1n) is 7.25. The van der Waals surface area contributed by atoms with E-state index in [0.29, 0.717) is 10.9 Å². The topological polar surface area (TPSA) is 73.1 Å². The number of aliphatic hydroxyl groups excluding tert-OH is 1. The molecule has 1 atom stereocenters. The average Bonchev–Trinajstić information content (AvgIpc) is 3.09. The zero-order valence-corrected chi connectivity index (χ0v) is 15.0. The van der Waals surface area contributed by atoms with Gasteiger partial charge in [-0.3, -0.25) is 0 Å². The Labute approximate surface area is 152 Å². The average molecular weight is 407 g/mol. The SMILES string of the molecule is O[C@H](COc1ccc(Br)cc1)CSc1nnnn1-c1ccccc1. The molecule has 0 bridgehead atoms. The van der Waals surface area contributed by atoms with Gasteiger partial charge in [0.25, 0.3) is 0 Å². The van der Waals surface area contributed by atoms with Crippen LogP contribution in [0.4, 0.5) is 0 Å². The minimum Gasteiger partial charge on any atom is -0.491 e. The van der Waals surface area contributed by atoms with Crippen molar-refractivity contribution >= 4 is 27.7 Å². The molecule has 0 saturated heterocycles. The number of halogens is 1. The molecule has 0 aliphatic rings. The van der Waals surface area contributed by atoms with E-state index in [4.69, 9.17) is 4.74 Å². The summed E-state index contributed by atoms with van der Waals surface area (Å²) < 4.78 is 8.20. The van der Waals surface area contributed by atoms with Crippen molar-refractivity contribution in [3.8, 4) is 11.4 Å². The van der Waals surface area contributed by atoms with E-state index >= 15 is 0 Å². The van der Waals surface area contributed by atoms with E-state index in [-0.39, 0.29) is 6.61 Å². The van der Waals surface area contributed by atoms with Crippen LogP contribution < -0.4 is 4.74 Å². The number of benzene rings is 2. The molecule has 0 aliphatic heterocycles. The summed E-state index contributed by atoms with van der Waals surface area (Å²) in [6.07, 6.45) is -0.625. The Hall–Kier alpha value is -1.90. The minimum absolute atomic E-state index is 0.210. The van der Waals surface area contributed by atoms with Crippen LogP contribution in [0.3, 0.4) is 0 Å². The lowest BCUT2D eigenvalue weighted by atomic mass is 10.3. The normalized spacial score (nSPS) is 12.1. The zero-order valence-electron chi connectivity index (χ0n) is 12.6. The fourth-order valence-electron chi connectivity index (χ4n) is 1.94. The molecule has 0 radical (unpaired) electrons. The number of hydrogen-bond donors (Lipinski definition) is 1. The number of rotatable bonds is 7. The van der Waals surface area contributed by atoms with E-state index in [1.165, 1.54) is 11.8 Å². The molecular weight excluding hydrogens is 392 g/mol. The van der Waals surface area contributed by atoms with Gasteiger partial charge in [0.1, 0.15) is 12.4 Å². The number of hydrogen-bond acceptors (Lipinski definition) is 6. The molecule has 3 aromatic rings. The third kappa shape index (κ3) is 4.56. The Kier molecular flexibility index (Phi) is 5.84. The number of thioether (sulfide) groups is 1. The summed E-state index contributed by atoms with van der Waals surface area (Å²) in [4.78, 5) is 0. The minimum atomic E-state index is -0.625. The maximum Gasteiger partial charge on any atom is 0.214 e. The maximum atomic E-state index is 10.1. The summed E-state index contributed by atoms with van der Waals surface area (Å²) in [5, 5.41) is 22.4. The van der Waals surface area contributed by atoms with E-state index in [1.54, 1.807) is 4.68 Å². The van der Waals surface area contributed by atoms with Gasteiger partial charge >= 0.3 is 0 Å². The lowest BCUT2D eigenvalue weighted by Gasteiger charge is -2.12.